The van der Waals surface area contributed by atoms with Gasteiger partial charge in [0.15, 0.2) is 0 Å². The lowest BCUT2D eigenvalue weighted by molar-refractivity contribution is 0.0698. The van der Waals surface area contributed by atoms with Gasteiger partial charge in [-0.15, -0.1) is 0 Å². The van der Waals surface area contributed by atoms with Crippen LogP contribution in [-0.2, 0) is 6.42 Å². The maximum atomic E-state index is 12.9. The van der Waals surface area contributed by atoms with Gasteiger partial charge in [-0.25, -0.2) is 4.79 Å². The molecule has 0 bridgehead atoms. The number of carbonyl (C=O) groups is 1. The van der Waals surface area contributed by atoms with E-state index in [1.165, 1.54) is 0 Å². The van der Waals surface area contributed by atoms with Crippen LogP contribution >= 0.6 is 0 Å². The first kappa shape index (κ1) is 19.1. The lowest BCUT2D eigenvalue weighted by Gasteiger charge is -2.13. The molecule has 0 fully saturated rings. The first-order valence-corrected chi connectivity index (χ1v) is 10.4. The molecule has 0 saturated carbocycles. The van der Waals surface area contributed by atoms with Crippen molar-refractivity contribution in [3.8, 4) is 5.75 Å². The summed E-state index contributed by atoms with van der Waals surface area (Å²) in [5, 5.41) is 6.72. The molecule has 0 amide bonds. The highest BCUT2D eigenvalue weighted by atomic mass is 16.5. The first-order chi connectivity index (χ1) is 15.2. The number of aryl methyl sites for hydroxylation is 1. The lowest BCUT2D eigenvalue weighted by Crippen LogP contribution is -2.13. The molecule has 1 heterocycles. The Bertz CT molecular complexity index is 1290. The maximum absolute atomic E-state index is 12.9. The van der Waals surface area contributed by atoms with Crippen LogP contribution in [0.5, 0.6) is 5.75 Å². The number of ether oxygens (including phenoxy) is 1. The molecule has 0 radical (unpaired) electrons. The van der Waals surface area contributed by atoms with Crippen LogP contribution < -0.4 is 10.2 Å². The highest BCUT2D eigenvalue weighted by molar-refractivity contribution is 6.06. The number of nitrogens with zero attached hydrogens (tertiary/aromatic N) is 1. The number of hydrogen-bond acceptors (Lipinski definition) is 5. The molecule has 1 aromatic heterocycles. The zero-order chi connectivity index (χ0) is 21.2. The zero-order valence-electron chi connectivity index (χ0n) is 17.2. The van der Waals surface area contributed by atoms with Gasteiger partial charge in [0.1, 0.15) is 11.5 Å². The zero-order valence-corrected chi connectivity index (χ0v) is 17.2. The van der Waals surface area contributed by atoms with Crippen molar-refractivity contribution in [1.29, 1.82) is 0 Å². The number of carbonyl (C=O) groups excluding carboxylic acids is 1. The standard InChI is InChI=1S/C26H22N2O3/c1-17-24-22(28-27-20-10-3-2-4-11-20)12-7-13-23(24)31-25(17)26(29)30-21-15-14-18-8-5-6-9-19(18)16-21/h2-6,8-11,14-16,27H,7,12-13H2,1H3/b28-22+. The van der Waals surface area contributed by atoms with Gasteiger partial charge in [-0.1, -0.05) is 48.5 Å². The van der Waals surface area contributed by atoms with Crippen LogP contribution in [0.2, 0.25) is 0 Å². The monoisotopic (exact) mass is 410 g/mol. The van der Waals surface area contributed by atoms with Crippen molar-refractivity contribution in [3.63, 3.8) is 0 Å². The first-order valence-electron chi connectivity index (χ1n) is 10.4. The van der Waals surface area contributed by atoms with Gasteiger partial charge >= 0.3 is 5.97 Å². The number of para-hydroxylation sites is 1. The van der Waals surface area contributed by atoms with Gasteiger partial charge in [0.2, 0.25) is 5.76 Å². The largest absolute Gasteiger partial charge is 0.453 e. The third kappa shape index (κ3) is 3.82. The number of hydrazone groups is 1. The van der Waals surface area contributed by atoms with Crippen molar-refractivity contribution in [1.82, 2.24) is 0 Å². The molecule has 0 atom stereocenters. The minimum Gasteiger partial charge on any atom is -0.453 e. The minimum atomic E-state index is -0.488. The summed E-state index contributed by atoms with van der Waals surface area (Å²) in [7, 11) is 0. The minimum absolute atomic E-state index is 0.243. The average molecular weight is 410 g/mol. The Hall–Kier alpha value is -3.86. The molecule has 0 spiro atoms. The Kier molecular flexibility index (Phi) is 5.00. The van der Waals surface area contributed by atoms with Gasteiger partial charge in [0.05, 0.1) is 11.4 Å². The summed E-state index contributed by atoms with van der Waals surface area (Å²) < 4.78 is 11.6. The molecule has 5 heteroatoms. The summed E-state index contributed by atoms with van der Waals surface area (Å²) in [6.07, 6.45) is 2.53. The normalized spacial score (nSPS) is 14.4. The molecule has 31 heavy (non-hydrogen) atoms. The van der Waals surface area contributed by atoms with Crippen LogP contribution in [-0.4, -0.2) is 11.7 Å². The van der Waals surface area contributed by atoms with E-state index in [1.54, 1.807) is 6.07 Å². The number of benzene rings is 3. The quantitative estimate of drug-likeness (QED) is 0.250. The molecule has 0 unspecified atom stereocenters. The summed E-state index contributed by atoms with van der Waals surface area (Å²) in [5.74, 6) is 1.05. The molecule has 1 aliphatic carbocycles. The molecule has 5 rings (SSSR count). The van der Waals surface area contributed by atoms with E-state index in [1.807, 2.05) is 73.7 Å². The van der Waals surface area contributed by atoms with Crippen LogP contribution in [0.1, 0.15) is 40.3 Å². The van der Waals surface area contributed by atoms with Gasteiger partial charge in [-0.2, -0.15) is 5.10 Å². The van der Waals surface area contributed by atoms with E-state index in [9.17, 15) is 4.79 Å². The topological polar surface area (TPSA) is 63.8 Å². The van der Waals surface area contributed by atoms with Gasteiger partial charge in [-0.05, 0) is 54.8 Å². The van der Waals surface area contributed by atoms with E-state index in [0.717, 1.165) is 58.3 Å². The van der Waals surface area contributed by atoms with E-state index in [0.29, 0.717) is 5.75 Å². The Morgan fingerprint density at radius 1 is 0.968 bits per heavy atom. The third-order valence-electron chi connectivity index (χ3n) is 5.54. The fourth-order valence-corrected chi connectivity index (χ4v) is 4.00. The van der Waals surface area contributed by atoms with Crippen molar-refractivity contribution in [2.24, 2.45) is 5.10 Å². The molecular formula is C26H22N2O3. The second-order valence-corrected chi connectivity index (χ2v) is 7.64. The van der Waals surface area contributed by atoms with Gasteiger partial charge < -0.3 is 9.15 Å². The van der Waals surface area contributed by atoms with Crippen molar-refractivity contribution < 1.29 is 13.9 Å². The van der Waals surface area contributed by atoms with Gasteiger partial charge in [-0.3, -0.25) is 5.43 Å². The number of esters is 1. The van der Waals surface area contributed by atoms with Crippen molar-refractivity contribution >= 4 is 28.1 Å². The van der Waals surface area contributed by atoms with Crippen LogP contribution in [0.25, 0.3) is 10.8 Å². The molecule has 154 valence electrons. The summed E-state index contributed by atoms with van der Waals surface area (Å²) in [6.45, 7) is 1.89. The van der Waals surface area contributed by atoms with Crippen LogP contribution in [0.3, 0.4) is 0 Å². The Morgan fingerprint density at radius 3 is 2.58 bits per heavy atom. The molecule has 5 nitrogen and oxygen atoms in total. The molecule has 1 N–H and O–H groups in total. The highest BCUT2D eigenvalue weighted by Crippen LogP contribution is 2.31. The SMILES string of the molecule is Cc1c(C(=O)Oc2ccc3ccccc3c2)oc2c1/C(=N/Nc1ccccc1)CCC2. The summed E-state index contributed by atoms with van der Waals surface area (Å²) in [4.78, 5) is 12.9. The molecular weight excluding hydrogens is 388 g/mol. The summed E-state index contributed by atoms with van der Waals surface area (Å²) >= 11 is 0. The predicted octanol–water partition coefficient (Wildman–Crippen LogP) is 6.11. The predicted molar refractivity (Wildman–Crippen MR) is 122 cm³/mol. The van der Waals surface area contributed by atoms with E-state index in [-0.39, 0.29) is 5.76 Å². The summed E-state index contributed by atoms with van der Waals surface area (Å²) in [5.41, 5.74) is 6.61. The summed E-state index contributed by atoms with van der Waals surface area (Å²) in [6, 6.07) is 23.4. The number of hydrogen-bond donors (Lipinski definition) is 1. The molecule has 0 saturated heterocycles. The van der Waals surface area contributed by atoms with E-state index in [4.69, 9.17) is 9.15 Å². The Labute approximate surface area is 180 Å². The second-order valence-electron chi connectivity index (χ2n) is 7.64. The number of furan rings is 1. The smallest absolute Gasteiger partial charge is 0.379 e. The number of fused-ring (bicyclic) bond motifs is 2. The Morgan fingerprint density at radius 2 is 1.74 bits per heavy atom. The molecule has 0 aliphatic heterocycles. The average Bonchev–Trinajstić information content (AvgIpc) is 3.15. The van der Waals surface area contributed by atoms with Crippen molar-refractivity contribution in [2.75, 3.05) is 5.43 Å². The van der Waals surface area contributed by atoms with E-state index in [2.05, 4.69) is 10.5 Å². The van der Waals surface area contributed by atoms with Crippen molar-refractivity contribution in [3.05, 3.63) is 95.4 Å². The maximum Gasteiger partial charge on any atom is 0.379 e. The number of nitrogens with one attached hydrogen (secondary N) is 1. The third-order valence-corrected chi connectivity index (χ3v) is 5.54. The van der Waals surface area contributed by atoms with Crippen LogP contribution in [0.15, 0.2) is 82.3 Å². The number of anilines is 1. The van der Waals surface area contributed by atoms with E-state index < -0.39 is 5.97 Å². The molecule has 4 aromatic rings. The van der Waals surface area contributed by atoms with E-state index >= 15 is 0 Å². The van der Waals surface area contributed by atoms with Gasteiger partial charge in [0.25, 0.3) is 0 Å². The van der Waals surface area contributed by atoms with Crippen LogP contribution in [0, 0.1) is 6.92 Å². The fraction of sp³-hybridized carbons (Fsp3) is 0.154. The molecule has 1 aliphatic rings. The lowest BCUT2D eigenvalue weighted by atomic mass is 9.93. The van der Waals surface area contributed by atoms with Crippen LogP contribution in [0.4, 0.5) is 5.69 Å². The molecule has 3 aromatic carbocycles. The van der Waals surface area contributed by atoms with Crippen molar-refractivity contribution in [2.45, 2.75) is 26.2 Å². The Balaban J connectivity index is 1.41. The fourth-order valence-electron chi connectivity index (χ4n) is 4.00. The second kappa shape index (κ2) is 8.11. The number of rotatable bonds is 4. The van der Waals surface area contributed by atoms with Gasteiger partial charge in [0, 0.05) is 17.5 Å². The highest BCUT2D eigenvalue weighted by Gasteiger charge is 2.29.